The van der Waals surface area contributed by atoms with E-state index in [9.17, 15) is 10.1 Å². The third-order valence-electron chi connectivity index (χ3n) is 3.71. The molecule has 1 aromatic carbocycles. The molecular weight excluding hydrogens is 272 g/mol. The zero-order valence-corrected chi connectivity index (χ0v) is 11.7. The van der Waals surface area contributed by atoms with Gasteiger partial charge in [-0.05, 0) is 37.9 Å². The average Bonchev–Trinajstić information content (AvgIpc) is 2.97. The molecular formula is C14H16N4O3. The first-order chi connectivity index (χ1) is 10.1. The van der Waals surface area contributed by atoms with Gasteiger partial charge < -0.3 is 9.84 Å². The summed E-state index contributed by atoms with van der Waals surface area (Å²) in [6.07, 6.45) is 3.32. The Hall–Kier alpha value is -2.28. The highest BCUT2D eigenvalue weighted by molar-refractivity contribution is 5.61. The van der Waals surface area contributed by atoms with E-state index < -0.39 is 4.92 Å². The normalized spacial score (nSPS) is 18.6. The highest BCUT2D eigenvalue weighted by atomic mass is 16.6. The van der Waals surface area contributed by atoms with Gasteiger partial charge in [-0.1, -0.05) is 11.6 Å². The van der Waals surface area contributed by atoms with Gasteiger partial charge in [-0.2, -0.15) is 4.98 Å². The van der Waals surface area contributed by atoms with Gasteiger partial charge in [-0.15, -0.1) is 0 Å². The van der Waals surface area contributed by atoms with E-state index in [1.54, 1.807) is 13.0 Å². The molecule has 21 heavy (non-hydrogen) atoms. The molecule has 1 N–H and O–H groups in total. The maximum atomic E-state index is 10.8. The van der Waals surface area contributed by atoms with Gasteiger partial charge in [0.15, 0.2) is 5.82 Å². The molecule has 0 bridgehead atoms. The Morgan fingerprint density at radius 2 is 2.29 bits per heavy atom. The summed E-state index contributed by atoms with van der Waals surface area (Å²) in [5.41, 5.74) is 1.54. The van der Waals surface area contributed by atoms with Crippen LogP contribution in [-0.4, -0.2) is 21.6 Å². The number of nitrogens with one attached hydrogen (secondary N) is 1. The predicted molar refractivity (Wildman–Crippen MR) is 75.7 cm³/mol. The minimum Gasteiger partial charge on any atom is -0.334 e. The quantitative estimate of drug-likeness (QED) is 0.689. The van der Waals surface area contributed by atoms with Crippen LogP contribution >= 0.6 is 0 Å². The molecule has 1 unspecified atom stereocenters. The van der Waals surface area contributed by atoms with E-state index in [1.807, 2.05) is 0 Å². The average molecular weight is 288 g/mol. The summed E-state index contributed by atoms with van der Waals surface area (Å²) in [5.74, 6) is 1.06. The number of hydrogen-bond donors (Lipinski definition) is 1. The van der Waals surface area contributed by atoms with E-state index in [0.29, 0.717) is 11.7 Å². The topological polar surface area (TPSA) is 94.1 Å². The molecule has 3 rings (SSSR count). The van der Waals surface area contributed by atoms with Crippen LogP contribution in [0.3, 0.4) is 0 Å². The largest absolute Gasteiger partial charge is 0.334 e. The molecule has 0 saturated carbocycles. The zero-order chi connectivity index (χ0) is 14.8. The van der Waals surface area contributed by atoms with Gasteiger partial charge in [0.2, 0.25) is 0 Å². The molecule has 1 saturated heterocycles. The van der Waals surface area contributed by atoms with Crippen LogP contribution in [0.15, 0.2) is 22.7 Å². The highest BCUT2D eigenvalue weighted by Gasteiger charge is 2.21. The molecule has 0 amide bonds. The summed E-state index contributed by atoms with van der Waals surface area (Å²) in [6, 6.07) is 4.75. The second-order valence-corrected chi connectivity index (χ2v) is 5.22. The van der Waals surface area contributed by atoms with E-state index in [2.05, 4.69) is 15.5 Å². The van der Waals surface area contributed by atoms with Crippen molar-refractivity contribution in [3.63, 3.8) is 0 Å². The number of hydrogen-bond acceptors (Lipinski definition) is 6. The zero-order valence-electron chi connectivity index (χ0n) is 11.7. The number of nitro benzene ring substituents is 1. The van der Waals surface area contributed by atoms with Gasteiger partial charge in [0.05, 0.1) is 11.0 Å². The van der Waals surface area contributed by atoms with E-state index in [4.69, 9.17) is 4.52 Å². The van der Waals surface area contributed by atoms with E-state index >= 15 is 0 Å². The molecule has 1 aromatic heterocycles. The first kappa shape index (κ1) is 13.7. The highest BCUT2D eigenvalue weighted by Crippen LogP contribution is 2.28. The van der Waals surface area contributed by atoms with Crippen molar-refractivity contribution >= 4 is 5.69 Å². The number of piperidine rings is 1. The SMILES string of the molecule is Cc1cc([N+](=O)[O-])ccc1-c1nc(C2CCCCN2)no1. The first-order valence-electron chi connectivity index (χ1n) is 6.97. The first-order valence-corrected chi connectivity index (χ1v) is 6.97. The molecule has 0 radical (unpaired) electrons. The molecule has 1 atom stereocenters. The van der Waals surface area contributed by atoms with Gasteiger partial charge >= 0.3 is 0 Å². The summed E-state index contributed by atoms with van der Waals surface area (Å²) in [6.45, 7) is 2.76. The van der Waals surface area contributed by atoms with Crippen LogP contribution in [0.25, 0.3) is 11.5 Å². The van der Waals surface area contributed by atoms with Crippen LogP contribution in [0.2, 0.25) is 0 Å². The van der Waals surface area contributed by atoms with E-state index in [0.717, 1.165) is 30.5 Å². The number of aromatic nitrogens is 2. The molecule has 2 aromatic rings. The van der Waals surface area contributed by atoms with Crippen LogP contribution in [-0.2, 0) is 0 Å². The predicted octanol–water partition coefficient (Wildman–Crippen LogP) is 2.77. The molecule has 7 nitrogen and oxygen atoms in total. The van der Waals surface area contributed by atoms with Crippen molar-refractivity contribution in [2.75, 3.05) is 6.54 Å². The molecule has 1 aliphatic rings. The molecule has 0 spiro atoms. The standard InChI is InChI=1S/C14H16N4O3/c1-9-8-10(18(19)20)5-6-11(9)14-16-13(17-21-14)12-4-2-3-7-15-12/h5-6,8,12,15H,2-4,7H2,1H3. The van der Waals surface area contributed by atoms with Gasteiger partial charge in [0.1, 0.15) is 0 Å². The lowest BCUT2D eigenvalue weighted by atomic mass is 10.0. The Kier molecular flexibility index (Phi) is 3.66. The van der Waals surface area contributed by atoms with Gasteiger partial charge in [0, 0.05) is 17.7 Å². The van der Waals surface area contributed by atoms with Crippen LogP contribution in [0.5, 0.6) is 0 Å². The van der Waals surface area contributed by atoms with Crippen LogP contribution in [0.1, 0.15) is 36.7 Å². The van der Waals surface area contributed by atoms with Crippen LogP contribution in [0.4, 0.5) is 5.69 Å². The van der Waals surface area contributed by atoms with Gasteiger partial charge in [0.25, 0.3) is 11.6 Å². The molecule has 0 aliphatic carbocycles. The minimum absolute atomic E-state index is 0.0601. The van der Waals surface area contributed by atoms with E-state index in [-0.39, 0.29) is 11.7 Å². The number of benzene rings is 1. The fraction of sp³-hybridized carbons (Fsp3) is 0.429. The number of nitro groups is 1. The Labute approximate surface area is 121 Å². The Bertz CT molecular complexity index is 662. The maximum Gasteiger partial charge on any atom is 0.269 e. The van der Waals surface area contributed by atoms with Crippen molar-refractivity contribution < 1.29 is 9.45 Å². The third-order valence-corrected chi connectivity index (χ3v) is 3.71. The molecule has 1 fully saturated rings. The molecule has 110 valence electrons. The van der Waals surface area contributed by atoms with Gasteiger partial charge in [-0.3, -0.25) is 10.1 Å². The lowest BCUT2D eigenvalue weighted by Gasteiger charge is -2.19. The Morgan fingerprint density at radius 3 is 2.95 bits per heavy atom. The number of aryl methyl sites for hydroxylation is 1. The smallest absolute Gasteiger partial charge is 0.269 e. The van der Waals surface area contributed by atoms with Crippen molar-refractivity contribution in [2.24, 2.45) is 0 Å². The van der Waals surface area contributed by atoms with Gasteiger partial charge in [-0.25, -0.2) is 0 Å². The summed E-state index contributed by atoms with van der Waals surface area (Å²) in [7, 11) is 0. The fourth-order valence-electron chi connectivity index (χ4n) is 2.56. The Morgan fingerprint density at radius 1 is 1.43 bits per heavy atom. The van der Waals surface area contributed by atoms with Crippen molar-refractivity contribution in [1.29, 1.82) is 0 Å². The minimum atomic E-state index is -0.415. The number of rotatable bonds is 3. The second kappa shape index (κ2) is 5.61. The second-order valence-electron chi connectivity index (χ2n) is 5.22. The van der Waals surface area contributed by atoms with Crippen LogP contribution < -0.4 is 5.32 Å². The van der Waals surface area contributed by atoms with E-state index in [1.165, 1.54) is 18.6 Å². The van der Waals surface area contributed by atoms with Crippen molar-refractivity contribution in [1.82, 2.24) is 15.5 Å². The lowest BCUT2D eigenvalue weighted by Crippen LogP contribution is -2.27. The summed E-state index contributed by atoms with van der Waals surface area (Å²) < 4.78 is 5.31. The molecule has 7 heteroatoms. The number of nitrogens with zero attached hydrogens (tertiary/aromatic N) is 3. The van der Waals surface area contributed by atoms with Crippen molar-refractivity contribution in [3.05, 3.63) is 39.7 Å². The summed E-state index contributed by atoms with van der Waals surface area (Å²) in [4.78, 5) is 14.8. The van der Waals surface area contributed by atoms with Crippen LogP contribution in [0, 0.1) is 17.0 Å². The molecule has 1 aliphatic heterocycles. The monoisotopic (exact) mass is 288 g/mol. The lowest BCUT2D eigenvalue weighted by molar-refractivity contribution is -0.384. The van der Waals surface area contributed by atoms with Crippen molar-refractivity contribution in [2.45, 2.75) is 32.2 Å². The molecule has 2 heterocycles. The Balaban J connectivity index is 1.87. The summed E-state index contributed by atoms with van der Waals surface area (Å²) in [5, 5.41) is 18.2. The fourth-order valence-corrected chi connectivity index (χ4v) is 2.56. The number of non-ortho nitro benzene ring substituents is 1. The third kappa shape index (κ3) is 2.78. The van der Waals surface area contributed by atoms with Crippen molar-refractivity contribution in [3.8, 4) is 11.5 Å². The summed E-state index contributed by atoms with van der Waals surface area (Å²) >= 11 is 0. The maximum absolute atomic E-state index is 10.8.